The molecule has 32 rings (SSSR count). The molecule has 0 N–H and O–H groups in total. The lowest BCUT2D eigenvalue weighted by molar-refractivity contribution is 0.663. The molecule has 0 radical (unpaired) electrons. The van der Waals surface area contributed by atoms with Crippen LogP contribution in [0.5, 0.6) is 0 Å². The third-order valence-corrected chi connectivity index (χ3v) is 32.4. The summed E-state index contributed by atoms with van der Waals surface area (Å²) in [5, 5.41) is 31.1. The van der Waals surface area contributed by atoms with Gasteiger partial charge in [-0.05, 0) is 191 Å². The molecule has 0 saturated heterocycles. The topological polar surface area (TPSA) is 131 Å². The van der Waals surface area contributed by atoms with Gasteiger partial charge in [0.25, 0.3) is 0 Å². The van der Waals surface area contributed by atoms with Crippen molar-refractivity contribution in [2.75, 3.05) is 0 Å². The number of nitrogens with zero attached hydrogens (tertiary/aromatic N) is 12. The molecule has 0 saturated carbocycles. The zero-order chi connectivity index (χ0) is 99.7. The summed E-state index contributed by atoms with van der Waals surface area (Å²) in [4.78, 5) is 45.8. The molecule has 0 aliphatic heterocycles. The first kappa shape index (κ1) is 86.3. The monoisotopic (exact) mass is 1920 g/mol. The van der Waals surface area contributed by atoms with Crippen LogP contribution in [0.1, 0.15) is 74.9 Å². The van der Waals surface area contributed by atoms with Crippen LogP contribution < -0.4 is 0 Å². The summed E-state index contributed by atoms with van der Waals surface area (Å²) in [6.07, 6.45) is 0. The van der Waals surface area contributed by atoms with Crippen molar-refractivity contribution >= 4 is 162 Å². The summed E-state index contributed by atoms with van der Waals surface area (Å²) >= 11 is 0. The third-order valence-electron chi connectivity index (χ3n) is 32.4. The van der Waals surface area contributed by atoms with Gasteiger partial charge in [0.15, 0.2) is 46.6 Å². The minimum Gasteiger partial charge on any atom is -0.309 e. The highest BCUT2D eigenvalue weighted by atomic mass is 15.2. The first-order chi connectivity index (χ1) is 73.7. The molecule has 29 aromatic rings. The van der Waals surface area contributed by atoms with Gasteiger partial charge < -0.3 is 9.13 Å². The highest BCUT2D eigenvalue weighted by Gasteiger charge is 2.41. The molecule has 150 heavy (non-hydrogen) atoms. The molecule has 704 valence electrons. The fourth-order valence-corrected chi connectivity index (χ4v) is 25.6. The van der Waals surface area contributed by atoms with Crippen molar-refractivity contribution in [3.63, 3.8) is 0 Å². The van der Waals surface area contributed by atoms with Crippen molar-refractivity contribution in [2.45, 2.75) is 57.8 Å². The lowest BCUT2D eigenvalue weighted by atomic mass is 9.81. The van der Waals surface area contributed by atoms with Crippen molar-refractivity contribution < 1.29 is 0 Å². The van der Waals surface area contributed by atoms with Crippen molar-refractivity contribution in [1.82, 2.24) is 58.6 Å². The first-order valence-electron chi connectivity index (χ1n) is 51.6. The van der Waals surface area contributed by atoms with E-state index in [-0.39, 0.29) is 16.2 Å². The zero-order valence-corrected chi connectivity index (χ0v) is 83.1. The highest BCUT2D eigenvalue weighted by Crippen LogP contribution is 2.59. The Balaban J connectivity index is 0.000000104. The standard InChI is InChI=1S/2C48H32N4.C42H28N4/c1-48(2)37-24-12-22-35-33-20-9-10-21-34(33)36-23-13-25-39-42(36)44-40(27-26-38(48)43(44)41(35)37)52(39)32-19-11-18-31(28-32)47-50-45(29-14-5-3-6-15-29)49-46(51-47)30-16-7-4-8-17-30;1-48(2)36-24-13-22-33-31-19-9-10-20-32(31)34-23-14-26-39-42(34)44-40(28-27-37(48)43(44)41(33)36)52(39)38-25-12-11-21-35(38)47-50-45(29-15-5-3-6-16-29)49-46(51-47)30-17-7-4-8-18-30;1-42(2)31-21-11-19-29-27-17-9-10-18-28(27)30-20-12-22-33-36(30)38-34(24-23-32(42)37(38)35(29)31)46(33)41-44-39(25-13-5-3-6-14-25)43-40(45-41)26-15-7-4-8-16-26/h2*3-28H,1-2H3;3-24H,1-2H3. The van der Waals surface area contributed by atoms with Gasteiger partial charge >= 0.3 is 0 Å². The summed E-state index contributed by atoms with van der Waals surface area (Å²) in [5.74, 6) is 5.81. The average Bonchev–Trinajstić information content (AvgIpc) is 1.53. The van der Waals surface area contributed by atoms with E-state index in [0.29, 0.717) is 52.5 Å². The number of rotatable bonds is 11. The number of benzene rings is 20. The quantitative estimate of drug-likeness (QED) is 0.124. The summed E-state index contributed by atoms with van der Waals surface area (Å²) < 4.78 is 7.15. The minimum atomic E-state index is -0.137. The van der Waals surface area contributed by atoms with E-state index in [1.54, 1.807) is 0 Å². The Bertz CT molecular complexity index is 10600. The van der Waals surface area contributed by atoms with Crippen LogP contribution >= 0.6 is 0 Å². The second-order valence-corrected chi connectivity index (χ2v) is 41.6. The van der Waals surface area contributed by atoms with Crippen LogP contribution in [-0.4, -0.2) is 58.6 Å². The Morgan fingerprint density at radius 2 is 0.387 bits per heavy atom. The van der Waals surface area contributed by atoms with Crippen LogP contribution in [0.15, 0.2) is 449 Å². The Labute approximate surface area is 863 Å². The maximum atomic E-state index is 5.19. The Kier molecular flexibility index (Phi) is 18.9. The molecule has 0 bridgehead atoms. The summed E-state index contributed by atoms with van der Waals surface area (Å²) in [6.45, 7) is 14.2. The fourth-order valence-electron chi connectivity index (χ4n) is 25.6. The minimum absolute atomic E-state index is 0.122. The van der Waals surface area contributed by atoms with Gasteiger partial charge in [-0.3, -0.25) is 4.57 Å². The smallest absolute Gasteiger partial charge is 0.238 e. The first-order valence-corrected chi connectivity index (χ1v) is 51.6. The maximum absolute atomic E-state index is 5.19. The zero-order valence-electron chi connectivity index (χ0n) is 83.1. The predicted octanol–water partition coefficient (Wildman–Crippen LogP) is 34.5. The van der Waals surface area contributed by atoms with Crippen molar-refractivity contribution in [3.8, 4) is 108 Å². The van der Waals surface area contributed by atoms with Gasteiger partial charge in [0.1, 0.15) is 0 Å². The van der Waals surface area contributed by atoms with Crippen LogP contribution in [0, 0.1) is 0 Å². The number of hydrogen-bond donors (Lipinski definition) is 0. The molecule has 0 atom stereocenters. The molecule has 0 unspecified atom stereocenters. The van der Waals surface area contributed by atoms with E-state index in [4.69, 9.17) is 44.9 Å². The van der Waals surface area contributed by atoms with E-state index in [0.717, 1.165) is 72.4 Å². The molecule has 12 heteroatoms. The van der Waals surface area contributed by atoms with Crippen molar-refractivity contribution in [3.05, 3.63) is 482 Å². The van der Waals surface area contributed by atoms with Gasteiger partial charge in [-0.2, -0.15) is 9.97 Å². The molecule has 0 spiro atoms. The highest BCUT2D eigenvalue weighted by molar-refractivity contribution is 6.39. The largest absolute Gasteiger partial charge is 0.309 e. The molecule has 6 heterocycles. The van der Waals surface area contributed by atoms with E-state index in [1.807, 2.05) is 133 Å². The molecule has 0 fully saturated rings. The molecule has 6 aromatic heterocycles. The Morgan fingerprint density at radius 1 is 0.153 bits per heavy atom. The second kappa shape index (κ2) is 32.9. The van der Waals surface area contributed by atoms with E-state index < -0.39 is 0 Å². The molecule has 12 nitrogen and oxygen atoms in total. The van der Waals surface area contributed by atoms with Crippen molar-refractivity contribution in [1.29, 1.82) is 0 Å². The van der Waals surface area contributed by atoms with E-state index in [2.05, 4.69) is 371 Å². The van der Waals surface area contributed by atoms with Crippen LogP contribution in [-0.2, 0) is 16.2 Å². The summed E-state index contributed by atoms with van der Waals surface area (Å²) in [6, 6.07) is 160. The molecule has 0 amide bonds. The van der Waals surface area contributed by atoms with Crippen LogP contribution in [0.3, 0.4) is 0 Å². The number of para-hydroxylation sites is 1. The molecule has 3 aliphatic rings. The number of hydrogen-bond acceptors (Lipinski definition) is 9. The van der Waals surface area contributed by atoms with Crippen LogP contribution in [0.25, 0.3) is 271 Å². The van der Waals surface area contributed by atoms with Crippen LogP contribution in [0.2, 0.25) is 0 Å². The van der Waals surface area contributed by atoms with Gasteiger partial charge in [0.2, 0.25) is 5.95 Å². The third kappa shape index (κ3) is 12.8. The van der Waals surface area contributed by atoms with Gasteiger partial charge in [0, 0.05) is 98.8 Å². The summed E-state index contributed by atoms with van der Waals surface area (Å²) in [5.41, 5.74) is 24.5. The van der Waals surface area contributed by atoms with Gasteiger partial charge in [-0.25, -0.2) is 34.9 Å². The number of aromatic nitrogens is 12. The second-order valence-electron chi connectivity index (χ2n) is 41.6. The van der Waals surface area contributed by atoms with E-state index in [1.165, 1.54) is 179 Å². The Morgan fingerprint density at radius 3 is 0.733 bits per heavy atom. The molecular formula is C138H92N12. The van der Waals surface area contributed by atoms with Gasteiger partial charge in [-0.15, -0.1) is 0 Å². The van der Waals surface area contributed by atoms with Crippen LogP contribution in [0.4, 0.5) is 0 Å². The SMILES string of the molecule is CC1(C)c2cccc3c4ccccc4c4cccc5c4c4c(c1ccc4n5-c1cccc(-c4nc(-c5ccccc5)nc(-c5ccccc5)n4)c1)c23.CC1(C)c2cccc3c4ccccc4c4cccc5c4c4c(c1ccc4n5-c1ccccc1-c1nc(-c4ccccc4)nc(-c4ccccc4)n1)c23.CC1(C)c2cccc3c4ccccc4c4cccc5c4c4c(c1ccc4n5-c1nc(-c4ccccc4)nc(-c4ccccc4)n1)c23. The lowest BCUT2D eigenvalue weighted by Gasteiger charge is -2.22. The average molecular weight is 1920 g/mol. The predicted molar refractivity (Wildman–Crippen MR) is 620 cm³/mol. The summed E-state index contributed by atoms with van der Waals surface area (Å²) in [7, 11) is 0. The molecular weight excluding hydrogens is 1830 g/mol. The van der Waals surface area contributed by atoms with Crippen molar-refractivity contribution in [2.24, 2.45) is 0 Å². The molecule has 23 aromatic carbocycles. The van der Waals surface area contributed by atoms with E-state index >= 15 is 0 Å². The normalized spacial score (nSPS) is 13.4. The number of fused-ring (bicyclic) bond motifs is 9. The maximum Gasteiger partial charge on any atom is 0.238 e. The van der Waals surface area contributed by atoms with Gasteiger partial charge in [-0.1, -0.05) is 430 Å². The fraction of sp³-hybridized carbons (Fsp3) is 0.0652. The lowest BCUT2D eigenvalue weighted by Crippen LogP contribution is -2.15. The Hall–Kier alpha value is -19.2. The molecule has 3 aliphatic carbocycles. The van der Waals surface area contributed by atoms with E-state index in [9.17, 15) is 0 Å². The van der Waals surface area contributed by atoms with Gasteiger partial charge in [0.05, 0.1) is 38.8 Å².